The molecule has 1 aromatic heterocycles. The van der Waals surface area contributed by atoms with Crippen molar-refractivity contribution < 1.29 is 9.18 Å². The molecule has 1 aliphatic heterocycles. The lowest BCUT2D eigenvalue weighted by atomic mass is 10.2. The lowest BCUT2D eigenvalue weighted by Gasteiger charge is -2.33. The minimum atomic E-state index is -0.592. The molecule has 0 unspecified atom stereocenters. The van der Waals surface area contributed by atoms with E-state index in [9.17, 15) is 9.18 Å². The number of aromatic nitrogens is 1. The first-order valence-corrected chi connectivity index (χ1v) is 5.98. The number of amides is 1. The Hall–Kier alpha value is -1.69. The maximum atomic E-state index is 13.9. The summed E-state index contributed by atoms with van der Waals surface area (Å²) < 4.78 is 13.9. The molecular weight excluding hydrogens is 235 g/mol. The molecule has 1 saturated heterocycles. The molecule has 2 rings (SSSR count). The summed E-state index contributed by atoms with van der Waals surface area (Å²) in [6, 6.07) is 3.48. The molecular formula is C12H17FN4O. The van der Waals surface area contributed by atoms with Crippen molar-refractivity contribution in [3.8, 4) is 0 Å². The van der Waals surface area contributed by atoms with E-state index >= 15 is 0 Å². The zero-order valence-electron chi connectivity index (χ0n) is 10.5. The summed E-state index contributed by atoms with van der Waals surface area (Å²) in [5.74, 6) is -0.973. The quantitative estimate of drug-likeness (QED) is 0.747. The zero-order chi connectivity index (χ0) is 13.1. The molecule has 98 valence electrons. The number of hydrogen-bond donors (Lipinski definition) is 2. The van der Waals surface area contributed by atoms with Crippen molar-refractivity contribution >= 4 is 11.6 Å². The third-order valence-corrected chi connectivity index (χ3v) is 3.00. The molecule has 0 aromatic carbocycles. The standard InChI is InChI=1S/C12H17FN4O/c1-8-7-17(6-5-15-8)10-4-3-9(12(18)14-2)16-11(10)13/h3-4,8,15H,5-7H2,1-2H3,(H,14,18)/t8-/m0/s1. The summed E-state index contributed by atoms with van der Waals surface area (Å²) in [7, 11) is 1.49. The van der Waals surface area contributed by atoms with E-state index in [0.29, 0.717) is 11.7 Å². The van der Waals surface area contributed by atoms with Gasteiger partial charge in [0.1, 0.15) is 5.69 Å². The molecule has 1 atom stereocenters. The Bertz CT molecular complexity index is 452. The molecule has 2 N–H and O–H groups in total. The van der Waals surface area contributed by atoms with E-state index in [1.807, 2.05) is 4.90 Å². The van der Waals surface area contributed by atoms with Crippen molar-refractivity contribution in [2.24, 2.45) is 0 Å². The summed E-state index contributed by atoms with van der Waals surface area (Å²) in [6.45, 7) is 4.34. The molecule has 1 fully saturated rings. The Morgan fingerprint density at radius 1 is 1.61 bits per heavy atom. The largest absolute Gasteiger partial charge is 0.365 e. The van der Waals surface area contributed by atoms with Gasteiger partial charge in [0.25, 0.3) is 5.91 Å². The van der Waals surface area contributed by atoms with Crippen molar-refractivity contribution in [2.45, 2.75) is 13.0 Å². The summed E-state index contributed by atoms with van der Waals surface area (Å²) in [5.41, 5.74) is 0.554. The molecule has 6 heteroatoms. The van der Waals surface area contributed by atoms with Crippen LogP contribution >= 0.6 is 0 Å². The Morgan fingerprint density at radius 2 is 2.39 bits per heavy atom. The van der Waals surface area contributed by atoms with Crippen LogP contribution in [0.4, 0.5) is 10.1 Å². The number of piperazine rings is 1. The topological polar surface area (TPSA) is 57.3 Å². The third kappa shape index (κ3) is 2.59. The van der Waals surface area contributed by atoms with Gasteiger partial charge in [0.05, 0.1) is 5.69 Å². The monoisotopic (exact) mass is 252 g/mol. The summed E-state index contributed by atoms with van der Waals surface area (Å²) in [4.78, 5) is 17.0. The number of hydrogen-bond acceptors (Lipinski definition) is 4. The molecule has 1 aromatic rings. The van der Waals surface area contributed by atoms with Crippen LogP contribution in [0.3, 0.4) is 0 Å². The van der Waals surface area contributed by atoms with Crippen molar-refractivity contribution in [2.75, 3.05) is 31.6 Å². The lowest BCUT2D eigenvalue weighted by molar-refractivity contribution is 0.0957. The predicted octanol–water partition coefficient (Wildman–Crippen LogP) is 0.378. The predicted molar refractivity (Wildman–Crippen MR) is 67.3 cm³/mol. The number of rotatable bonds is 2. The fourth-order valence-corrected chi connectivity index (χ4v) is 2.07. The summed E-state index contributed by atoms with van der Waals surface area (Å²) >= 11 is 0. The average molecular weight is 252 g/mol. The SMILES string of the molecule is CNC(=O)c1ccc(N2CCN[C@@H](C)C2)c(F)n1. The number of carbonyl (C=O) groups is 1. The molecule has 5 nitrogen and oxygen atoms in total. The molecule has 1 amide bonds. The first-order valence-electron chi connectivity index (χ1n) is 5.98. The van der Waals surface area contributed by atoms with Gasteiger partial charge in [0, 0.05) is 32.7 Å². The van der Waals surface area contributed by atoms with Gasteiger partial charge in [0.2, 0.25) is 5.95 Å². The van der Waals surface area contributed by atoms with Gasteiger partial charge in [-0.3, -0.25) is 4.79 Å². The number of nitrogens with zero attached hydrogens (tertiary/aromatic N) is 2. The molecule has 18 heavy (non-hydrogen) atoms. The van der Waals surface area contributed by atoms with Crippen LogP contribution in [0.15, 0.2) is 12.1 Å². The Balaban J connectivity index is 2.21. The maximum Gasteiger partial charge on any atom is 0.269 e. The molecule has 0 spiro atoms. The van der Waals surface area contributed by atoms with E-state index in [0.717, 1.165) is 19.6 Å². The van der Waals surface area contributed by atoms with Gasteiger partial charge in [-0.1, -0.05) is 0 Å². The van der Waals surface area contributed by atoms with Gasteiger partial charge in [0.15, 0.2) is 0 Å². The second-order valence-corrected chi connectivity index (χ2v) is 4.39. The molecule has 1 aliphatic rings. The highest BCUT2D eigenvalue weighted by molar-refractivity contribution is 5.92. The molecule has 0 radical (unpaired) electrons. The fraction of sp³-hybridized carbons (Fsp3) is 0.500. The van der Waals surface area contributed by atoms with Crippen molar-refractivity contribution in [1.82, 2.24) is 15.6 Å². The van der Waals surface area contributed by atoms with Crippen LogP contribution in [0.2, 0.25) is 0 Å². The maximum absolute atomic E-state index is 13.9. The van der Waals surface area contributed by atoms with E-state index in [1.54, 1.807) is 12.1 Å². The molecule has 2 heterocycles. The van der Waals surface area contributed by atoms with E-state index in [4.69, 9.17) is 0 Å². The molecule has 0 bridgehead atoms. The normalized spacial score (nSPS) is 19.7. The van der Waals surface area contributed by atoms with Crippen molar-refractivity contribution in [3.63, 3.8) is 0 Å². The van der Waals surface area contributed by atoms with Gasteiger partial charge in [-0.15, -0.1) is 0 Å². The van der Waals surface area contributed by atoms with Gasteiger partial charge in [-0.05, 0) is 19.1 Å². The van der Waals surface area contributed by atoms with Crippen LogP contribution in [0.25, 0.3) is 0 Å². The number of carbonyl (C=O) groups excluding carboxylic acids is 1. The second-order valence-electron chi connectivity index (χ2n) is 4.39. The first kappa shape index (κ1) is 12.8. The average Bonchev–Trinajstić information content (AvgIpc) is 2.37. The number of anilines is 1. The van der Waals surface area contributed by atoms with E-state index in [2.05, 4.69) is 22.5 Å². The smallest absolute Gasteiger partial charge is 0.269 e. The highest BCUT2D eigenvalue weighted by Gasteiger charge is 2.20. The van der Waals surface area contributed by atoms with Crippen molar-refractivity contribution in [1.29, 1.82) is 0 Å². The van der Waals surface area contributed by atoms with Crippen LogP contribution in [0, 0.1) is 5.95 Å². The van der Waals surface area contributed by atoms with Crippen LogP contribution in [0.5, 0.6) is 0 Å². The van der Waals surface area contributed by atoms with Crippen LogP contribution in [-0.2, 0) is 0 Å². The number of nitrogens with one attached hydrogen (secondary N) is 2. The summed E-state index contributed by atoms with van der Waals surface area (Å²) in [5, 5.41) is 5.71. The third-order valence-electron chi connectivity index (χ3n) is 3.00. The van der Waals surface area contributed by atoms with E-state index in [1.165, 1.54) is 7.05 Å². The molecule has 0 saturated carbocycles. The van der Waals surface area contributed by atoms with E-state index in [-0.39, 0.29) is 11.6 Å². The minimum Gasteiger partial charge on any atom is -0.365 e. The van der Waals surface area contributed by atoms with Gasteiger partial charge in [-0.25, -0.2) is 4.98 Å². The number of pyridine rings is 1. The number of halogens is 1. The van der Waals surface area contributed by atoms with Gasteiger partial charge in [-0.2, -0.15) is 4.39 Å². The lowest BCUT2D eigenvalue weighted by Crippen LogP contribution is -2.49. The Kier molecular flexibility index (Phi) is 3.76. The minimum absolute atomic E-state index is 0.0990. The Labute approximate surface area is 105 Å². The van der Waals surface area contributed by atoms with Crippen LogP contribution < -0.4 is 15.5 Å². The second kappa shape index (κ2) is 5.30. The zero-order valence-corrected chi connectivity index (χ0v) is 10.5. The highest BCUT2D eigenvalue weighted by Crippen LogP contribution is 2.19. The Morgan fingerprint density at radius 3 is 3.00 bits per heavy atom. The van der Waals surface area contributed by atoms with E-state index < -0.39 is 5.95 Å². The van der Waals surface area contributed by atoms with Crippen molar-refractivity contribution in [3.05, 3.63) is 23.8 Å². The van der Waals surface area contributed by atoms with Gasteiger partial charge < -0.3 is 15.5 Å². The molecule has 0 aliphatic carbocycles. The fourth-order valence-electron chi connectivity index (χ4n) is 2.07. The highest BCUT2D eigenvalue weighted by atomic mass is 19.1. The van der Waals surface area contributed by atoms with Crippen LogP contribution in [-0.4, -0.2) is 43.6 Å². The summed E-state index contributed by atoms with van der Waals surface area (Å²) in [6.07, 6.45) is 0. The first-order chi connectivity index (χ1) is 8.61. The van der Waals surface area contributed by atoms with Crippen LogP contribution in [0.1, 0.15) is 17.4 Å². The van der Waals surface area contributed by atoms with Gasteiger partial charge >= 0.3 is 0 Å².